The van der Waals surface area contributed by atoms with E-state index in [-0.39, 0.29) is 5.41 Å². The SMILES string of the molecule is CNCCN(C)c1cc(C)cc(C(C)(C)C)c1OC. The van der Waals surface area contributed by atoms with Gasteiger partial charge in [-0.05, 0) is 31.0 Å². The molecule has 1 aromatic rings. The number of nitrogens with zero attached hydrogens (tertiary/aromatic N) is 1. The Labute approximate surface area is 118 Å². The number of hydrogen-bond acceptors (Lipinski definition) is 3. The number of aryl methyl sites for hydroxylation is 1. The van der Waals surface area contributed by atoms with Crippen LogP contribution in [-0.2, 0) is 5.41 Å². The van der Waals surface area contributed by atoms with Crippen molar-refractivity contribution in [2.24, 2.45) is 0 Å². The van der Waals surface area contributed by atoms with Crippen LogP contribution in [0.4, 0.5) is 5.69 Å². The van der Waals surface area contributed by atoms with Crippen LogP contribution >= 0.6 is 0 Å². The van der Waals surface area contributed by atoms with E-state index in [0.717, 1.165) is 18.8 Å². The third kappa shape index (κ3) is 3.87. The lowest BCUT2D eigenvalue weighted by Crippen LogP contribution is -2.28. The zero-order chi connectivity index (χ0) is 14.6. The van der Waals surface area contributed by atoms with Crippen molar-refractivity contribution in [3.8, 4) is 5.75 Å². The molecule has 0 aliphatic heterocycles. The van der Waals surface area contributed by atoms with E-state index in [1.54, 1.807) is 7.11 Å². The van der Waals surface area contributed by atoms with Gasteiger partial charge >= 0.3 is 0 Å². The van der Waals surface area contributed by atoms with Gasteiger partial charge in [-0.15, -0.1) is 0 Å². The summed E-state index contributed by atoms with van der Waals surface area (Å²) in [6, 6.07) is 4.43. The molecular formula is C16H28N2O. The van der Waals surface area contributed by atoms with Crippen LogP contribution < -0.4 is 15.0 Å². The molecule has 0 aliphatic rings. The van der Waals surface area contributed by atoms with Gasteiger partial charge in [0.25, 0.3) is 0 Å². The fraction of sp³-hybridized carbons (Fsp3) is 0.625. The predicted molar refractivity (Wildman–Crippen MR) is 83.6 cm³/mol. The highest BCUT2D eigenvalue weighted by atomic mass is 16.5. The molecule has 0 atom stereocenters. The van der Waals surface area contributed by atoms with E-state index in [0.29, 0.717) is 0 Å². The van der Waals surface area contributed by atoms with Crippen LogP contribution in [0.25, 0.3) is 0 Å². The van der Waals surface area contributed by atoms with E-state index in [1.165, 1.54) is 16.8 Å². The highest BCUT2D eigenvalue weighted by molar-refractivity contribution is 5.64. The number of rotatable bonds is 5. The molecule has 0 spiro atoms. The van der Waals surface area contributed by atoms with Crippen molar-refractivity contribution in [3.05, 3.63) is 23.3 Å². The molecule has 0 saturated heterocycles. The minimum atomic E-state index is 0.0793. The molecule has 1 N–H and O–H groups in total. The maximum atomic E-state index is 5.70. The highest BCUT2D eigenvalue weighted by Gasteiger charge is 2.23. The Morgan fingerprint density at radius 2 is 1.89 bits per heavy atom. The van der Waals surface area contributed by atoms with Crippen LogP contribution in [0.5, 0.6) is 5.75 Å². The lowest BCUT2D eigenvalue weighted by atomic mass is 9.85. The second-order valence-electron chi connectivity index (χ2n) is 6.14. The first-order chi connectivity index (χ1) is 8.81. The fourth-order valence-electron chi connectivity index (χ4n) is 2.21. The molecule has 0 aromatic heterocycles. The van der Waals surface area contributed by atoms with Gasteiger partial charge in [0.05, 0.1) is 12.8 Å². The average molecular weight is 264 g/mol. The first kappa shape index (κ1) is 15.8. The van der Waals surface area contributed by atoms with Gasteiger partial charge in [-0.25, -0.2) is 0 Å². The van der Waals surface area contributed by atoms with E-state index in [1.807, 2.05) is 7.05 Å². The minimum absolute atomic E-state index is 0.0793. The monoisotopic (exact) mass is 264 g/mol. The van der Waals surface area contributed by atoms with Crippen molar-refractivity contribution in [1.29, 1.82) is 0 Å². The topological polar surface area (TPSA) is 24.5 Å². The van der Waals surface area contributed by atoms with Gasteiger partial charge in [0.1, 0.15) is 5.75 Å². The van der Waals surface area contributed by atoms with Crippen LogP contribution in [0.3, 0.4) is 0 Å². The van der Waals surface area contributed by atoms with Crippen molar-refractivity contribution >= 4 is 5.69 Å². The van der Waals surface area contributed by atoms with Crippen LogP contribution in [-0.4, -0.2) is 34.3 Å². The van der Waals surface area contributed by atoms with Crippen LogP contribution in [0.15, 0.2) is 12.1 Å². The third-order valence-electron chi connectivity index (χ3n) is 3.33. The zero-order valence-electron chi connectivity index (χ0n) is 13.4. The number of ether oxygens (including phenoxy) is 1. The van der Waals surface area contributed by atoms with Crippen molar-refractivity contribution in [2.45, 2.75) is 33.1 Å². The van der Waals surface area contributed by atoms with Gasteiger partial charge in [0.15, 0.2) is 0 Å². The van der Waals surface area contributed by atoms with E-state index < -0.39 is 0 Å². The number of anilines is 1. The summed E-state index contributed by atoms with van der Waals surface area (Å²) in [5.74, 6) is 0.997. The second kappa shape index (κ2) is 6.29. The summed E-state index contributed by atoms with van der Waals surface area (Å²) in [5, 5.41) is 3.18. The number of nitrogens with one attached hydrogen (secondary N) is 1. The Bertz CT molecular complexity index is 421. The summed E-state index contributed by atoms with van der Waals surface area (Å²) in [6.07, 6.45) is 0. The maximum absolute atomic E-state index is 5.70. The number of hydrogen-bond donors (Lipinski definition) is 1. The van der Waals surface area contributed by atoms with Crippen molar-refractivity contribution in [2.75, 3.05) is 39.2 Å². The second-order valence-corrected chi connectivity index (χ2v) is 6.14. The first-order valence-electron chi connectivity index (χ1n) is 6.86. The first-order valence-corrected chi connectivity index (χ1v) is 6.86. The van der Waals surface area contributed by atoms with E-state index in [2.05, 4.69) is 57.1 Å². The molecule has 3 nitrogen and oxygen atoms in total. The molecule has 0 saturated carbocycles. The van der Waals surface area contributed by atoms with Gasteiger partial charge in [0, 0.05) is 25.7 Å². The fourth-order valence-corrected chi connectivity index (χ4v) is 2.21. The average Bonchev–Trinajstić information content (AvgIpc) is 2.33. The smallest absolute Gasteiger partial charge is 0.145 e. The summed E-state index contributed by atoms with van der Waals surface area (Å²) in [6.45, 7) is 10.7. The Kier molecular flexibility index (Phi) is 5.24. The molecule has 1 aromatic carbocycles. The van der Waals surface area contributed by atoms with Crippen molar-refractivity contribution in [1.82, 2.24) is 5.32 Å². The Morgan fingerprint density at radius 3 is 2.37 bits per heavy atom. The molecule has 0 aliphatic carbocycles. The van der Waals surface area contributed by atoms with Crippen LogP contribution in [0.2, 0.25) is 0 Å². The molecule has 1 rings (SSSR count). The summed E-state index contributed by atoms with van der Waals surface area (Å²) in [5.41, 5.74) is 3.79. The Hall–Kier alpha value is -1.22. The lowest BCUT2D eigenvalue weighted by molar-refractivity contribution is 0.397. The molecular weight excluding hydrogens is 236 g/mol. The third-order valence-corrected chi connectivity index (χ3v) is 3.33. The highest BCUT2D eigenvalue weighted by Crippen LogP contribution is 2.39. The molecule has 0 heterocycles. The maximum Gasteiger partial charge on any atom is 0.145 e. The summed E-state index contributed by atoms with van der Waals surface area (Å²) in [4.78, 5) is 2.25. The molecule has 0 amide bonds. The Balaban J connectivity index is 3.27. The van der Waals surface area contributed by atoms with Crippen molar-refractivity contribution in [3.63, 3.8) is 0 Å². The quantitative estimate of drug-likeness (QED) is 0.885. The van der Waals surface area contributed by atoms with E-state index in [9.17, 15) is 0 Å². The number of likely N-dealkylation sites (N-methyl/N-ethyl adjacent to an activating group) is 2. The molecule has 0 radical (unpaired) electrons. The van der Waals surface area contributed by atoms with E-state index >= 15 is 0 Å². The molecule has 0 fully saturated rings. The van der Waals surface area contributed by atoms with Gasteiger partial charge in [-0.1, -0.05) is 26.8 Å². The minimum Gasteiger partial charge on any atom is -0.494 e. The summed E-state index contributed by atoms with van der Waals surface area (Å²) in [7, 11) is 5.85. The summed E-state index contributed by atoms with van der Waals surface area (Å²) >= 11 is 0. The van der Waals surface area contributed by atoms with Gasteiger partial charge in [-0.2, -0.15) is 0 Å². The molecule has 19 heavy (non-hydrogen) atoms. The van der Waals surface area contributed by atoms with E-state index in [4.69, 9.17) is 4.74 Å². The predicted octanol–water partition coefficient (Wildman–Crippen LogP) is 2.96. The largest absolute Gasteiger partial charge is 0.494 e. The van der Waals surface area contributed by atoms with Crippen molar-refractivity contribution < 1.29 is 4.74 Å². The van der Waals surface area contributed by atoms with Crippen LogP contribution in [0, 0.1) is 6.92 Å². The van der Waals surface area contributed by atoms with Gasteiger partial charge in [0.2, 0.25) is 0 Å². The lowest BCUT2D eigenvalue weighted by Gasteiger charge is -2.28. The number of methoxy groups -OCH3 is 1. The molecule has 108 valence electrons. The van der Waals surface area contributed by atoms with Gasteiger partial charge < -0.3 is 15.0 Å². The Morgan fingerprint density at radius 1 is 1.26 bits per heavy atom. The standard InChI is InChI=1S/C16H28N2O/c1-12-10-13(16(2,3)4)15(19-7)14(11-12)18(6)9-8-17-5/h10-11,17H,8-9H2,1-7H3. The molecule has 0 bridgehead atoms. The van der Waals surface area contributed by atoms with Crippen LogP contribution in [0.1, 0.15) is 31.9 Å². The normalized spacial score (nSPS) is 11.5. The van der Waals surface area contributed by atoms with Gasteiger partial charge in [-0.3, -0.25) is 0 Å². The number of benzene rings is 1. The molecule has 3 heteroatoms. The molecule has 0 unspecified atom stereocenters. The summed E-state index contributed by atoms with van der Waals surface area (Å²) < 4.78 is 5.70. The zero-order valence-corrected chi connectivity index (χ0v) is 13.4.